The van der Waals surface area contributed by atoms with Gasteiger partial charge in [-0.2, -0.15) is 5.11 Å². The number of halogens is 1. The van der Waals surface area contributed by atoms with Crippen molar-refractivity contribution in [3.63, 3.8) is 0 Å². The van der Waals surface area contributed by atoms with Crippen LogP contribution in [0.15, 0.2) is 87.2 Å². The molecule has 4 aromatic carbocycles. The zero-order valence-electron chi connectivity index (χ0n) is 21.2. The number of hydrogen-bond donors (Lipinski definition) is 0. The molecule has 0 fully saturated rings. The summed E-state index contributed by atoms with van der Waals surface area (Å²) in [5.41, 5.74) is 4.11. The van der Waals surface area contributed by atoms with E-state index in [1.807, 2.05) is 37.3 Å². The molecule has 4 rings (SSSR count). The summed E-state index contributed by atoms with van der Waals surface area (Å²) >= 11 is 6.13. The molecule has 8 nitrogen and oxygen atoms in total. The van der Waals surface area contributed by atoms with Crippen LogP contribution in [-0.4, -0.2) is 12.0 Å². The maximum absolute atomic E-state index is 10.9. The van der Waals surface area contributed by atoms with E-state index in [1.54, 1.807) is 13.2 Å². The number of methoxy groups -OCH3 is 1. The van der Waals surface area contributed by atoms with Crippen molar-refractivity contribution in [3.8, 4) is 5.75 Å². The first-order valence-corrected chi connectivity index (χ1v) is 11.9. The van der Waals surface area contributed by atoms with Gasteiger partial charge in [0.15, 0.2) is 0 Å². The van der Waals surface area contributed by atoms with E-state index in [4.69, 9.17) is 16.3 Å². The van der Waals surface area contributed by atoms with Crippen molar-refractivity contribution < 1.29 is 9.66 Å². The molecule has 0 amide bonds. The first kappa shape index (κ1) is 25.9. The molecule has 4 aromatic rings. The van der Waals surface area contributed by atoms with Gasteiger partial charge in [-0.15, -0.1) is 15.3 Å². The monoisotopic (exact) mass is 515 g/mol. The molecular weight excluding hydrogens is 490 g/mol. The smallest absolute Gasteiger partial charge is 0.271 e. The summed E-state index contributed by atoms with van der Waals surface area (Å²) in [5, 5.41) is 30.7. The van der Waals surface area contributed by atoms with Gasteiger partial charge < -0.3 is 4.74 Å². The minimum Gasteiger partial charge on any atom is -0.494 e. The number of aryl methyl sites for hydroxylation is 1. The highest BCUT2D eigenvalue weighted by Gasteiger charge is 2.18. The molecule has 0 atom stereocenters. The van der Waals surface area contributed by atoms with Gasteiger partial charge in [-0.05, 0) is 47.1 Å². The first-order valence-electron chi connectivity index (χ1n) is 11.6. The zero-order valence-corrected chi connectivity index (χ0v) is 21.9. The van der Waals surface area contributed by atoms with Crippen molar-refractivity contribution in [2.24, 2.45) is 20.5 Å². The number of rotatable bonds is 6. The number of non-ortho nitro benzene ring substituents is 1. The minimum atomic E-state index is -0.517. The number of nitrogens with zero attached hydrogens (tertiary/aromatic N) is 5. The Hall–Kier alpha value is -4.17. The van der Waals surface area contributed by atoms with Crippen LogP contribution in [0.1, 0.15) is 31.9 Å². The summed E-state index contributed by atoms with van der Waals surface area (Å²) in [4.78, 5) is 10.4. The van der Waals surface area contributed by atoms with E-state index < -0.39 is 4.92 Å². The van der Waals surface area contributed by atoms with Gasteiger partial charge in [-0.1, -0.05) is 62.7 Å². The van der Waals surface area contributed by atoms with Gasteiger partial charge in [-0.3, -0.25) is 10.1 Å². The second kappa shape index (κ2) is 10.4. The topological polar surface area (TPSA) is 102 Å². The van der Waals surface area contributed by atoms with Crippen LogP contribution in [0.2, 0.25) is 5.02 Å². The van der Waals surface area contributed by atoms with Crippen LogP contribution in [0, 0.1) is 17.0 Å². The third-order valence-corrected chi connectivity index (χ3v) is 6.18. The van der Waals surface area contributed by atoms with E-state index in [0.29, 0.717) is 22.8 Å². The molecule has 0 aliphatic carbocycles. The fourth-order valence-electron chi connectivity index (χ4n) is 3.94. The van der Waals surface area contributed by atoms with Crippen molar-refractivity contribution in [1.82, 2.24) is 0 Å². The quantitative estimate of drug-likeness (QED) is 0.145. The lowest BCUT2D eigenvalue weighted by Crippen LogP contribution is -2.11. The average molecular weight is 516 g/mol. The molecule has 37 heavy (non-hydrogen) atoms. The lowest BCUT2D eigenvalue weighted by molar-refractivity contribution is -0.384. The Bertz CT molecular complexity index is 1560. The Morgan fingerprint density at radius 1 is 0.811 bits per heavy atom. The van der Waals surface area contributed by atoms with Crippen molar-refractivity contribution in [1.29, 1.82) is 0 Å². The first-order chi connectivity index (χ1) is 17.6. The molecule has 0 radical (unpaired) electrons. The Morgan fingerprint density at radius 3 is 2.08 bits per heavy atom. The number of fused-ring (bicyclic) bond motifs is 1. The van der Waals surface area contributed by atoms with Crippen LogP contribution in [0.4, 0.5) is 28.4 Å². The van der Waals surface area contributed by atoms with Gasteiger partial charge in [0.05, 0.1) is 28.4 Å². The van der Waals surface area contributed by atoms with Gasteiger partial charge in [0, 0.05) is 23.6 Å². The molecule has 0 aromatic heterocycles. The minimum absolute atomic E-state index is 0.00130. The molecular formula is C28H26ClN5O3. The standard InChI is InChI=1S/C28H26ClN5O3/c1-17-14-26(33-30-23-13-11-21(28(2,3)4)19-8-6-7-9-20(19)23)27(37-5)16-25(17)32-31-24-12-10-18(34(35)36)15-22(24)29/h6-16H,1-5H3. The maximum Gasteiger partial charge on any atom is 0.271 e. The second-order valence-corrected chi connectivity index (χ2v) is 9.94. The van der Waals surface area contributed by atoms with Crippen LogP contribution >= 0.6 is 11.6 Å². The van der Waals surface area contributed by atoms with Gasteiger partial charge >= 0.3 is 0 Å². The van der Waals surface area contributed by atoms with Crippen molar-refractivity contribution >= 4 is 50.8 Å². The third kappa shape index (κ3) is 5.65. The van der Waals surface area contributed by atoms with E-state index in [0.717, 1.165) is 22.0 Å². The second-order valence-electron chi connectivity index (χ2n) is 9.53. The summed E-state index contributed by atoms with van der Waals surface area (Å²) in [6.07, 6.45) is 0. The predicted octanol–water partition coefficient (Wildman–Crippen LogP) is 9.85. The summed E-state index contributed by atoms with van der Waals surface area (Å²) in [5.74, 6) is 0.480. The van der Waals surface area contributed by atoms with Crippen LogP contribution in [0.3, 0.4) is 0 Å². The Morgan fingerprint density at radius 2 is 1.43 bits per heavy atom. The SMILES string of the molecule is COc1cc(N=Nc2ccc([N+](=O)[O-])cc2Cl)c(C)cc1N=Nc1ccc(C(C)(C)C)c2ccccc12. The highest BCUT2D eigenvalue weighted by atomic mass is 35.5. The van der Waals surface area contributed by atoms with Crippen LogP contribution in [0.5, 0.6) is 5.75 Å². The molecule has 0 aliphatic heterocycles. The molecule has 0 unspecified atom stereocenters. The van der Waals surface area contributed by atoms with Crippen molar-refractivity contribution in [3.05, 3.63) is 93.0 Å². The lowest BCUT2D eigenvalue weighted by Gasteiger charge is -2.21. The molecule has 0 N–H and O–H groups in total. The van der Waals surface area contributed by atoms with E-state index in [2.05, 4.69) is 53.4 Å². The molecule has 0 bridgehead atoms. The number of ether oxygens (including phenoxy) is 1. The van der Waals surface area contributed by atoms with E-state index in [9.17, 15) is 10.1 Å². The van der Waals surface area contributed by atoms with E-state index in [1.165, 1.54) is 23.8 Å². The van der Waals surface area contributed by atoms with Crippen LogP contribution in [-0.2, 0) is 5.41 Å². The average Bonchev–Trinajstić information content (AvgIpc) is 2.86. The number of nitro groups is 1. The number of azo groups is 2. The molecule has 0 aliphatic rings. The van der Waals surface area contributed by atoms with Crippen LogP contribution in [0.25, 0.3) is 10.8 Å². The van der Waals surface area contributed by atoms with Gasteiger partial charge in [0.1, 0.15) is 17.1 Å². The Labute approximate surface area is 219 Å². The number of benzene rings is 4. The third-order valence-electron chi connectivity index (χ3n) is 5.88. The van der Waals surface area contributed by atoms with Gasteiger partial charge in [0.2, 0.25) is 0 Å². The van der Waals surface area contributed by atoms with Gasteiger partial charge in [-0.25, -0.2) is 0 Å². The normalized spacial score (nSPS) is 12.1. The molecule has 0 heterocycles. The number of nitro benzene ring substituents is 1. The van der Waals surface area contributed by atoms with Crippen molar-refractivity contribution in [2.75, 3.05) is 7.11 Å². The predicted molar refractivity (Wildman–Crippen MR) is 147 cm³/mol. The molecule has 0 saturated heterocycles. The summed E-state index contributed by atoms with van der Waals surface area (Å²) in [6, 6.07) is 19.8. The number of hydrogen-bond acceptors (Lipinski definition) is 7. The van der Waals surface area contributed by atoms with E-state index in [-0.39, 0.29) is 16.1 Å². The largest absolute Gasteiger partial charge is 0.494 e. The molecule has 188 valence electrons. The Balaban J connectivity index is 1.67. The highest BCUT2D eigenvalue weighted by molar-refractivity contribution is 6.33. The van der Waals surface area contributed by atoms with Gasteiger partial charge in [0.25, 0.3) is 5.69 Å². The summed E-state index contributed by atoms with van der Waals surface area (Å²) in [7, 11) is 1.55. The van der Waals surface area contributed by atoms with Crippen molar-refractivity contribution in [2.45, 2.75) is 33.1 Å². The summed E-state index contributed by atoms with van der Waals surface area (Å²) in [6.45, 7) is 8.45. The molecule has 0 saturated carbocycles. The molecule has 0 spiro atoms. The Kier molecular flexibility index (Phi) is 7.31. The molecule has 9 heteroatoms. The maximum atomic E-state index is 10.9. The fraction of sp³-hybridized carbons (Fsp3) is 0.214. The zero-order chi connectivity index (χ0) is 26.7. The lowest BCUT2D eigenvalue weighted by atomic mass is 9.83. The van der Waals surface area contributed by atoms with E-state index >= 15 is 0 Å². The van der Waals surface area contributed by atoms with Crippen LogP contribution < -0.4 is 4.74 Å². The summed E-state index contributed by atoms with van der Waals surface area (Å²) < 4.78 is 5.54. The highest BCUT2D eigenvalue weighted by Crippen LogP contribution is 2.39. The fourth-order valence-corrected chi connectivity index (χ4v) is 4.15.